The standard InChI is InChI=1S/C16H18ClN3O2/c1-2-22-16(21)13-11-12-5-3-4-8-20(12)15(13)14-6-9-19(18-14)10-7-17/h3-6,8-9,12H,2,7,10-11H2,1H3. The second-order valence-electron chi connectivity index (χ2n) is 5.11. The first-order valence-corrected chi connectivity index (χ1v) is 7.91. The van der Waals surface area contributed by atoms with Gasteiger partial charge in [-0.2, -0.15) is 5.10 Å². The zero-order valence-electron chi connectivity index (χ0n) is 12.4. The summed E-state index contributed by atoms with van der Waals surface area (Å²) in [6.07, 6.45) is 10.5. The Morgan fingerprint density at radius 3 is 3.14 bits per heavy atom. The molecule has 3 heterocycles. The van der Waals surface area contributed by atoms with Crippen molar-refractivity contribution in [1.29, 1.82) is 0 Å². The van der Waals surface area contributed by atoms with E-state index in [0.29, 0.717) is 31.0 Å². The fourth-order valence-corrected chi connectivity index (χ4v) is 2.96. The van der Waals surface area contributed by atoms with Crippen molar-refractivity contribution in [3.05, 3.63) is 48.0 Å². The van der Waals surface area contributed by atoms with Gasteiger partial charge >= 0.3 is 5.97 Å². The van der Waals surface area contributed by atoms with Gasteiger partial charge < -0.3 is 9.64 Å². The Labute approximate surface area is 134 Å². The van der Waals surface area contributed by atoms with Crippen molar-refractivity contribution >= 4 is 23.3 Å². The number of aromatic nitrogens is 2. The van der Waals surface area contributed by atoms with Gasteiger partial charge in [0, 0.05) is 24.7 Å². The van der Waals surface area contributed by atoms with Crippen LogP contribution in [-0.4, -0.2) is 39.2 Å². The minimum atomic E-state index is -0.263. The van der Waals surface area contributed by atoms with Crippen molar-refractivity contribution < 1.29 is 9.53 Å². The van der Waals surface area contributed by atoms with Crippen molar-refractivity contribution in [2.24, 2.45) is 0 Å². The highest BCUT2D eigenvalue weighted by atomic mass is 35.5. The van der Waals surface area contributed by atoms with Gasteiger partial charge in [-0.05, 0) is 19.1 Å². The van der Waals surface area contributed by atoms with Gasteiger partial charge in [0.1, 0.15) is 5.69 Å². The van der Waals surface area contributed by atoms with Crippen LogP contribution in [0.15, 0.2) is 42.3 Å². The smallest absolute Gasteiger partial charge is 0.336 e. The maximum absolute atomic E-state index is 12.3. The van der Waals surface area contributed by atoms with E-state index in [4.69, 9.17) is 16.3 Å². The zero-order chi connectivity index (χ0) is 15.5. The number of hydrogen-bond acceptors (Lipinski definition) is 4. The Kier molecular flexibility index (Phi) is 4.34. The monoisotopic (exact) mass is 319 g/mol. The molecule has 0 amide bonds. The van der Waals surface area contributed by atoms with Crippen molar-refractivity contribution in [3.63, 3.8) is 0 Å². The first kappa shape index (κ1) is 14.9. The highest BCUT2D eigenvalue weighted by Gasteiger charge is 2.35. The fourth-order valence-electron chi connectivity index (χ4n) is 2.79. The molecular formula is C16H18ClN3O2. The van der Waals surface area contributed by atoms with E-state index in [0.717, 1.165) is 11.4 Å². The fraction of sp³-hybridized carbons (Fsp3) is 0.375. The molecule has 0 saturated heterocycles. The van der Waals surface area contributed by atoms with Gasteiger partial charge in [-0.1, -0.05) is 12.2 Å². The molecule has 0 spiro atoms. The van der Waals surface area contributed by atoms with E-state index in [9.17, 15) is 4.79 Å². The van der Waals surface area contributed by atoms with E-state index >= 15 is 0 Å². The number of esters is 1. The predicted molar refractivity (Wildman–Crippen MR) is 85.0 cm³/mol. The van der Waals surface area contributed by atoms with Crippen molar-refractivity contribution in [2.75, 3.05) is 12.5 Å². The summed E-state index contributed by atoms with van der Waals surface area (Å²) < 4.78 is 7.00. The molecule has 0 saturated carbocycles. The summed E-state index contributed by atoms with van der Waals surface area (Å²) in [5.74, 6) is 0.237. The van der Waals surface area contributed by atoms with Crippen LogP contribution in [-0.2, 0) is 16.1 Å². The lowest BCUT2D eigenvalue weighted by atomic mass is 10.1. The maximum Gasteiger partial charge on any atom is 0.336 e. The van der Waals surface area contributed by atoms with Crippen LogP contribution in [0.3, 0.4) is 0 Å². The van der Waals surface area contributed by atoms with Gasteiger partial charge in [0.25, 0.3) is 0 Å². The molecule has 2 aliphatic rings. The van der Waals surface area contributed by atoms with Gasteiger partial charge in [-0.25, -0.2) is 4.79 Å². The van der Waals surface area contributed by atoms with Crippen LogP contribution >= 0.6 is 11.6 Å². The summed E-state index contributed by atoms with van der Waals surface area (Å²) >= 11 is 5.76. The molecule has 0 radical (unpaired) electrons. The molecule has 1 atom stereocenters. The van der Waals surface area contributed by atoms with Crippen LogP contribution in [0.25, 0.3) is 5.70 Å². The second kappa shape index (κ2) is 6.40. The molecule has 116 valence electrons. The van der Waals surface area contributed by atoms with E-state index in [1.54, 1.807) is 4.68 Å². The summed E-state index contributed by atoms with van der Waals surface area (Å²) in [6, 6.07) is 2.06. The molecule has 0 fully saturated rings. The second-order valence-corrected chi connectivity index (χ2v) is 5.48. The van der Waals surface area contributed by atoms with Gasteiger partial charge in [0.05, 0.1) is 30.5 Å². The lowest BCUT2D eigenvalue weighted by Crippen LogP contribution is -2.23. The zero-order valence-corrected chi connectivity index (χ0v) is 13.2. The maximum atomic E-state index is 12.3. The summed E-state index contributed by atoms with van der Waals surface area (Å²) in [7, 11) is 0. The summed E-state index contributed by atoms with van der Waals surface area (Å²) in [6.45, 7) is 2.82. The molecule has 3 rings (SSSR count). The molecule has 1 aromatic heterocycles. The van der Waals surface area contributed by atoms with Gasteiger partial charge in [0.15, 0.2) is 0 Å². The van der Waals surface area contributed by atoms with Crippen molar-refractivity contribution in [1.82, 2.24) is 14.7 Å². The van der Waals surface area contributed by atoms with Crippen LogP contribution in [0.2, 0.25) is 0 Å². The molecule has 1 unspecified atom stereocenters. The Morgan fingerprint density at radius 2 is 2.36 bits per heavy atom. The van der Waals surface area contributed by atoms with Gasteiger partial charge in [-0.3, -0.25) is 4.68 Å². The third kappa shape index (κ3) is 2.68. The van der Waals surface area contributed by atoms with Gasteiger partial charge in [-0.15, -0.1) is 11.6 Å². The average molecular weight is 320 g/mol. The van der Waals surface area contributed by atoms with Crippen LogP contribution < -0.4 is 0 Å². The molecule has 0 aromatic carbocycles. The number of aryl methyl sites for hydroxylation is 1. The quantitative estimate of drug-likeness (QED) is 0.618. The SMILES string of the molecule is CCOC(=O)C1=C(c2ccn(CCCl)n2)N2C=CC=CC2C1. The minimum Gasteiger partial charge on any atom is -0.463 e. The number of nitrogens with zero attached hydrogens (tertiary/aromatic N) is 3. The topological polar surface area (TPSA) is 47.4 Å². The van der Waals surface area contributed by atoms with Crippen LogP contribution in [0, 0.1) is 0 Å². The number of carbonyl (C=O) groups excluding carboxylic acids is 1. The number of alkyl halides is 1. The van der Waals surface area contributed by atoms with E-state index < -0.39 is 0 Å². The largest absolute Gasteiger partial charge is 0.463 e. The molecule has 22 heavy (non-hydrogen) atoms. The molecule has 6 heteroatoms. The molecular weight excluding hydrogens is 302 g/mol. The van der Waals surface area contributed by atoms with Gasteiger partial charge in [0.2, 0.25) is 0 Å². The van der Waals surface area contributed by atoms with Crippen LogP contribution in [0.5, 0.6) is 0 Å². The number of allylic oxidation sites excluding steroid dienone is 2. The predicted octanol–water partition coefficient (Wildman–Crippen LogP) is 2.55. The summed E-state index contributed by atoms with van der Waals surface area (Å²) in [4.78, 5) is 14.4. The molecule has 1 aromatic rings. The first-order chi connectivity index (χ1) is 10.7. The Balaban J connectivity index is 1.99. The highest BCUT2D eigenvalue weighted by molar-refractivity contribution is 6.17. The van der Waals surface area contributed by atoms with E-state index in [2.05, 4.69) is 16.1 Å². The number of ether oxygens (including phenoxy) is 1. The molecule has 5 nitrogen and oxygen atoms in total. The Bertz CT molecular complexity index is 660. The van der Waals surface area contributed by atoms with E-state index in [1.165, 1.54) is 0 Å². The third-order valence-corrected chi connectivity index (χ3v) is 3.89. The number of rotatable bonds is 5. The highest BCUT2D eigenvalue weighted by Crippen LogP contribution is 2.37. The number of carbonyl (C=O) groups is 1. The Morgan fingerprint density at radius 1 is 1.50 bits per heavy atom. The average Bonchev–Trinajstić information content (AvgIpc) is 3.11. The molecule has 0 aliphatic carbocycles. The summed E-state index contributed by atoms with van der Waals surface area (Å²) in [5, 5.41) is 4.53. The van der Waals surface area contributed by atoms with Crippen LogP contribution in [0.4, 0.5) is 0 Å². The first-order valence-electron chi connectivity index (χ1n) is 7.38. The van der Waals surface area contributed by atoms with Crippen molar-refractivity contribution in [3.8, 4) is 0 Å². The van der Waals surface area contributed by atoms with E-state index in [-0.39, 0.29) is 12.0 Å². The van der Waals surface area contributed by atoms with E-state index in [1.807, 2.05) is 37.5 Å². The number of hydrogen-bond donors (Lipinski definition) is 0. The normalized spacial score (nSPS) is 19.7. The lowest BCUT2D eigenvalue weighted by Gasteiger charge is -2.24. The third-order valence-electron chi connectivity index (χ3n) is 3.72. The Hall–Kier alpha value is -2.01. The lowest BCUT2D eigenvalue weighted by molar-refractivity contribution is -0.138. The number of fused-ring (bicyclic) bond motifs is 1. The molecule has 0 bridgehead atoms. The summed E-state index contributed by atoms with van der Waals surface area (Å²) in [5.41, 5.74) is 2.28. The minimum absolute atomic E-state index is 0.151. The van der Waals surface area contributed by atoms with Crippen molar-refractivity contribution in [2.45, 2.75) is 25.9 Å². The number of halogens is 1. The van der Waals surface area contributed by atoms with Crippen LogP contribution in [0.1, 0.15) is 19.0 Å². The molecule has 2 aliphatic heterocycles. The molecule has 0 N–H and O–H groups in total.